The summed E-state index contributed by atoms with van der Waals surface area (Å²) in [7, 11) is 0. The van der Waals surface area contributed by atoms with Crippen molar-refractivity contribution in [3.63, 3.8) is 0 Å². The molecule has 8 nitrogen and oxygen atoms in total. The van der Waals surface area contributed by atoms with E-state index in [9.17, 15) is 19.4 Å². The van der Waals surface area contributed by atoms with Gasteiger partial charge < -0.3 is 34.6 Å². The third kappa shape index (κ3) is 5.23. The van der Waals surface area contributed by atoms with E-state index in [2.05, 4.69) is 5.32 Å². The van der Waals surface area contributed by atoms with Gasteiger partial charge in [-0.05, 0) is 11.1 Å². The van der Waals surface area contributed by atoms with E-state index in [0.29, 0.717) is 0 Å². The Morgan fingerprint density at radius 1 is 1.03 bits per heavy atom. The number of amides is 1. The lowest BCUT2D eigenvalue weighted by molar-refractivity contribution is -0.190. The van der Waals surface area contributed by atoms with E-state index in [-0.39, 0.29) is 19.8 Å². The highest BCUT2D eigenvalue weighted by Gasteiger charge is 2.58. The van der Waals surface area contributed by atoms with Crippen LogP contribution in [0.2, 0.25) is 0 Å². The van der Waals surface area contributed by atoms with Crippen molar-refractivity contribution in [2.24, 2.45) is 0 Å². The molecule has 0 spiro atoms. The van der Waals surface area contributed by atoms with Gasteiger partial charge in [-0.25, -0.2) is 4.39 Å². The van der Waals surface area contributed by atoms with Crippen molar-refractivity contribution >= 4 is 5.91 Å². The Bertz CT molecular complexity index is 946. The molecule has 2 aliphatic rings. The largest absolute Gasteiger partial charge is 0.386 e. The van der Waals surface area contributed by atoms with Gasteiger partial charge >= 0.3 is 0 Å². The normalized spacial score (nSPS) is 29.3. The van der Waals surface area contributed by atoms with Gasteiger partial charge in [-0.15, -0.1) is 0 Å². The Morgan fingerprint density at radius 2 is 1.67 bits per heavy atom. The fourth-order valence-electron chi connectivity index (χ4n) is 3.97. The minimum atomic E-state index is -1.62. The molecule has 0 aliphatic carbocycles. The summed E-state index contributed by atoms with van der Waals surface area (Å²) in [5.74, 6) is -0.494. The summed E-state index contributed by atoms with van der Waals surface area (Å²) >= 11 is 0. The number of halogens is 1. The van der Waals surface area contributed by atoms with Crippen molar-refractivity contribution in [2.45, 2.75) is 43.6 Å². The molecule has 2 aliphatic heterocycles. The van der Waals surface area contributed by atoms with Gasteiger partial charge in [0.2, 0.25) is 12.3 Å². The van der Waals surface area contributed by atoms with Crippen molar-refractivity contribution in [3.8, 4) is 0 Å². The zero-order valence-electron chi connectivity index (χ0n) is 17.9. The van der Waals surface area contributed by atoms with Crippen LogP contribution < -0.4 is 5.32 Å². The van der Waals surface area contributed by atoms with Gasteiger partial charge in [0, 0.05) is 12.3 Å². The van der Waals surface area contributed by atoms with Crippen molar-refractivity contribution in [2.75, 3.05) is 13.3 Å². The molecule has 1 amide bonds. The summed E-state index contributed by atoms with van der Waals surface area (Å²) in [4.78, 5) is 12.7. The zero-order chi connectivity index (χ0) is 23.3. The summed E-state index contributed by atoms with van der Waals surface area (Å²) < 4.78 is 32.3. The number of carbonyl (C=O) groups excluding carboxylic acids is 1. The quantitative estimate of drug-likeness (QED) is 0.523. The minimum Gasteiger partial charge on any atom is -0.386 e. The van der Waals surface area contributed by atoms with Gasteiger partial charge in [-0.1, -0.05) is 60.7 Å². The number of aliphatic hydroxyl groups excluding tert-OH is 2. The van der Waals surface area contributed by atoms with E-state index < -0.39 is 43.0 Å². The SMILES string of the molecule is O=C1C=CN([C@@H]2O[C@](CF)(COCc3ccccc3)[C@@H](OCc3ccccc3)[C@H]2O)C(O)N1. The average molecular weight is 458 g/mol. The Kier molecular flexibility index (Phi) is 7.36. The second kappa shape index (κ2) is 10.4. The second-order valence-electron chi connectivity index (χ2n) is 8.04. The lowest BCUT2D eigenvalue weighted by Gasteiger charge is -2.36. The van der Waals surface area contributed by atoms with E-state index in [1.807, 2.05) is 60.7 Å². The zero-order valence-corrected chi connectivity index (χ0v) is 17.9. The van der Waals surface area contributed by atoms with E-state index in [1.54, 1.807) is 0 Å². The molecule has 0 bridgehead atoms. The molecule has 2 aromatic rings. The lowest BCUT2D eigenvalue weighted by atomic mass is 9.96. The first-order valence-corrected chi connectivity index (χ1v) is 10.7. The van der Waals surface area contributed by atoms with Gasteiger partial charge in [0.05, 0.1) is 19.8 Å². The fraction of sp³-hybridized carbons (Fsp3) is 0.375. The molecule has 33 heavy (non-hydrogen) atoms. The smallest absolute Gasteiger partial charge is 0.248 e. The van der Waals surface area contributed by atoms with E-state index >= 15 is 0 Å². The maximum Gasteiger partial charge on any atom is 0.248 e. The van der Waals surface area contributed by atoms with E-state index in [0.717, 1.165) is 11.1 Å². The molecule has 2 aromatic carbocycles. The van der Waals surface area contributed by atoms with Gasteiger partial charge in [-0.2, -0.15) is 0 Å². The highest BCUT2D eigenvalue weighted by Crippen LogP contribution is 2.37. The molecule has 1 unspecified atom stereocenters. The predicted octanol–water partition coefficient (Wildman–Crippen LogP) is 1.44. The van der Waals surface area contributed by atoms with Gasteiger partial charge in [-0.3, -0.25) is 4.79 Å². The van der Waals surface area contributed by atoms with Crippen molar-refractivity contribution in [1.82, 2.24) is 10.2 Å². The maximum absolute atomic E-state index is 14.6. The molecule has 1 saturated heterocycles. The summed E-state index contributed by atoms with van der Waals surface area (Å²) in [6, 6.07) is 18.7. The summed E-state index contributed by atoms with van der Waals surface area (Å²) in [6.45, 7) is -0.838. The van der Waals surface area contributed by atoms with Crippen LogP contribution in [0.5, 0.6) is 0 Å². The van der Waals surface area contributed by atoms with E-state index in [1.165, 1.54) is 17.2 Å². The molecule has 1 fully saturated rings. The number of ether oxygens (including phenoxy) is 3. The van der Waals surface area contributed by atoms with Crippen molar-refractivity contribution < 1.29 is 33.6 Å². The van der Waals surface area contributed by atoms with E-state index in [4.69, 9.17) is 14.2 Å². The maximum atomic E-state index is 14.6. The number of carbonyl (C=O) groups is 1. The van der Waals surface area contributed by atoms with Crippen LogP contribution in [0.4, 0.5) is 4.39 Å². The van der Waals surface area contributed by atoms with Crippen LogP contribution in [0.3, 0.4) is 0 Å². The predicted molar refractivity (Wildman–Crippen MR) is 116 cm³/mol. The molecule has 5 atom stereocenters. The van der Waals surface area contributed by atoms with Crippen LogP contribution in [-0.4, -0.2) is 64.7 Å². The number of benzene rings is 2. The molecular formula is C24H27FN2O6. The number of hydrogen-bond acceptors (Lipinski definition) is 7. The Labute approximate surface area is 191 Å². The van der Waals surface area contributed by atoms with Crippen LogP contribution in [0, 0.1) is 0 Å². The summed E-state index contributed by atoms with van der Waals surface area (Å²) in [6.07, 6.45) is -2.57. The van der Waals surface area contributed by atoms with Crippen molar-refractivity contribution in [3.05, 3.63) is 84.1 Å². The molecular weight excluding hydrogens is 431 g/mol. The molecule has 9 heteroatoms. The highest BCUT2D eigenvalue weighted by atomic mass is 19.1. The first-order valence-electron chi connectivity index (χ1n) is 10.7. The minimum absolute atomic E-state index is 0.119. The Hall–Kier alpha value is -2.82. The van der Waals surface area contributed by atoms with Gasteiger partial charge in [0.15, 0.2) is 11.8 Å². The van der Waals surface area contributed by atoms with Crippen LogP contribution >= 0.6 is 0 Å². The molecule has 0 aromatic heterocycles. The van der Waals surface area contributed by atoms with Gasteiger partial charge in [0.25, 0.3) is 0 Å². The molecule has 4 rings (SSSR count). The first kappa shape index (κ1) is 23.3. The monoisotopic (exact) mass is 458 g/mol. The van der Waals surface area contributed by atoms with Gasteiger partial charge in [0.1, 0.15) is 18.9 Å². The molecule has 3 N–H and O–H groups in total. The summed E-state index contributed by atoms with van der Waals surface area (Å²) in [5, 5.41) is 23.6. The highest BCUT2D eigenvalue weighted by molar-refractivity contribution is 5.88. The van der Waals surface area contributed by atoms with Crippen LogP contribution in [0.1, 0.15) is 11.1 Å². The van der Waals surface area contributed by atoms with Crippen LogP contribution in [0.15, 0.2) is 72.9 Å². The Balaban J connectivity index is 1.54. The number of nitrogens with one attached hydrogen (secondary N) is 1. The number of alkyl halides is 1. The molecule has 2 heterocycles. The number of rotatable bonds is 9. The topological polar surface area (TPSA) is 100 Å². The second-order valence-corrected chi connectivity index (χ2v) is 8.04. The molecule has 176 valence electrons. The number of aliphatic hydroxyl groups is 2. The Morgan fingerprint density at radius 3 is 2.27 bits per heavy atom. The standard InChI is InChI=1S/C24H27FN2O6/c25-15-24(16-31-13-17-7-3-1-4-8-17)21(32-14-18-9-5-2-6-10-18)20(29)22(33-24)27-12-11-19(28)26-23(27)30/h1-12,20-23,29-30H,13-16H2,(H,26,28)/t20-,21+,22-,23?,24-/m1/s1. The lowest BCUT2D eigenvalue weighted by Crippen LogP contribution is -2.55. The number of nitrogens with zero attached hydrogens (tertiary/aromatic N) is 1. The number of hydrogen-bond donors (Lipinski definition) is 3. The average Bonchev–Trinajstić information content (AvgIpc) is 3.10. The third-order valence-corrected chi connectivity index (χ3v) is 5.68. The third-order valence-electron chi connectivity index (χ3n) is 5.68. The fourth-order valence-corrected chi connectivity index (χ4v) is 3.97. The van der Waals surface area contributed by atoms with Crippen LogP contribution in [0.25, 0.3) is 0 Å². The molecule has 0 radical (unpaired) electrons. The van der Waals surface area contributed by atoms with Crippen LogP contribution in [-0.2, 0) is 32.2 Å². The first-order chi connectivity index (χ1) is 16.0. The van der Waals surface area contributed by atoms with Crippen molar-refractivity contribution in [1.29, 1.82) is 0 Å². The summed E-state index contributed by atoms with van der Waals surface area (Å²) in [5.41, 5.74) is 0.125. The molecule has 0 saturated carbocycles.